The van der Waals surface area contributed by atoms with Crippen LogP contribution in [0.5, 0.6) is 0 Å². The number of hydrogen-bond donors (Lipinski definition) is 1. The van der Waals surface area contributed by atoms with Crippen molar-refractivity contribution in [1.82, 2.24) is 4.90 Å². The van der Waals surface area contributed by atoms with Gasteiger partial charge in [0.25, 0.3) is 5.91 Å². The molecule has 5 nitrogen and oxygen atoms in total. The van der Waals surface area contributed by atoms with E-state index in [9.17, 15) is 14.7 Å². The topological polar surface area (TPSA) is 60.9 Å². The van der Waals surface area contributed by atoms with Gasteiger partial charge in [0.05, 0.1) is 11.6 Å². The van der Waals surface area contributed by atoms with E-state index in [1.165, 1.54) is 0 Å². The Morgan fingerprint density at radius 3 is 2.22 bits per heavy atom. The zero-order valence-electron chi connectivity index (χ0n) is 19.5. The van der Waals surface area contributed by atoms with Crippen molar-refractivity contribution in [2.75, 3.05) is 24.5 Å². The maximum absolute atomic E-state index is 13.1. The quantitative estimate of drug-likeness (QED) is 0.566. The van der Waals surface area contributed by atoms with Crippen LogP contribution in [0, 0.1) is 5.92 Å². The van der Waals surface area contributed by atoms with E-state index in [-0.39, 0.29) is 17.3 Å². The van der Waals surface area contributed by atoms with E-state index in [1.54, 1.807) is 4.90 Å². The van der Waals surface area contributed by atoms with Crippen molar-refractivity contribution >= 4 is 17.4 Å². The van der Waals surface area contributed by atoms with Crippen LogP contribution in [0.3, 0.4) is 0 Å². The molecule has 2 aromatic carbocycles. The van der Waals surface area contributed by atoms with Gasteiger partial charge in [-0.3, -0.25) is 9.59 Å². The Bertz CT molecular complexity index is 960. The summed E-state index contributed by atoms with van der Waals surface area (Å²) in [6.45, 7) is 10.4. The van der Waals surface area contributed by atoms with E-state index in [1.807, 2.05) is 68.4 Å². The fourth-order valence-corrected chi connectivity index (χ4v) is 4.35. The van der Waals surface area contributed by atoms with Gasteiger partial charge in [-0.2, -0.15) is 0 Å². The van der Waals surface area contributed by atoms with Crippen LogP contribution in [0.1, 0.15) is 51.3 Å². The number of nitrogens with zero attached hydrogens (tertiary/aromatic N) is 2. The van der Waals surface area contributed by atoms with Gasteiger partial charge in [0.2, 0.25) is 0 Å². The van der Waals surface area contributed by atoms with Gasteiger partial charge in [0, 0.05) is 31.7 Å². The lowest BCUT2D eigenvalue weighted by Crippen LogP contribution is -2.33. The number of rotatable bonds is 10. The first-order valence-corrected chi connectivity index (χ1v) is 11.5. The molecule has 2 aromatic rings. The van der Waals surface area contributed by atoms with Crippen LogP contribution in [-0.4, -0.2) is 41.3 Å². The SMILES string of the molecule is CCN(CC)c1ccc(C2C(C(=O)CC(C)C)=C(O)C(=O)N2CCc2ccccc2)cc1. The third-order valence-corrected chi connectivity index (χ3v) is 6.02. The van der Waals surface area contributed by atoms with E-state index in [0.29, 0.717) is 19.4 Å². The Morgan fingerprint density at radius 1 is 1.03 bits per heavy atom. The number of benzene rings is 2. The minimum Gasteiger partial charge on any atom is -0.503 e. The largest absolute Gasteiger partial charge is 0.503 e. The number of hydrogen-bond acceptors (Lipinski definition) is 4. The number of anilines is 1. The molecule has 0 aliphatic carbocycles. The zero-order valence-corrected chi connectivity index (χ0v) is 19.5. The van der Waals surface area contributed by atoms with Crippen LogP contribution in [0.2, 0.25) is 0 Å². The molecule has 0 bridgehead atoms. The molecule has 1 amide bonds. The molecule has 1 N–H and O–H groups in total. The molecular weight excluding hydrogens is 400 g/mol. The first-order valence-electron chi connectivity index (χ1n) is 11.5. The van der Waals surface area contributed by atoms with Crippen LogP contribution in [0.4, 0.5) is 5.69 Å². The van der Waals surface area contributed by atoms with E-state index < -0.39 is 17.7 Å². The smallest absolute Gasteiger partial charge is 0.290 e. The van der Waals surface area contributed by atoms with Gasteiger partial charge in [-0.15, -0.1) is 0 Å². The lowest BCUT2D eigenvalue weighted by molar-refractivity contribution is -0.129. The van der Waals surface area contributed by atoms with Crippen LogP contribution in [0.25, 0.3) is 0 Å². The summed E-state index contributed by atoms with van der Waals surface area (Å²) in [6.07, 6.45) is 0.951. The van der Waals surface area contributed by atoms with Crippen molar-refractivity contribution in [2.24, 2.45) is 5.92 Å². The fourth-order valence-electron chi connectivity index (χ4n) is 4.35. The average Bonchev–Trinajstić information content (AvgIpc) is 3.04. The third kappa shape index (κ3) is 5.04. The van der Waals surface area contributed by atoms with Crippen LogP contribution >= 0.6 is 0 Å². The minimum absolute atomic E-state index is 0.141. The zero-order chi connectivity index (χ0) is 23.3. The molecule has 0 spiro atoms. The van der Waals surface area contributed by atoms with Gasteiger partial charge in [-0.25, -0.2) is 0 Å². The summed E-state index contributed by atoms with van der Waals surface area (Å²) >= 11 is 0. The molecule has 0 radical (unpaired) electrons. The second-order valence-electron chi connectivity index (χ2n) is 8.68. The molecule has 1 aliphatic heterocycles. The maximum atomic E-state index is 13.1. The molecule has 170 valence electrons. The fraction of sp³-hybridized carbons (Fsp3) is 0.407. The summed E-state index contributed by atoms with van der Waals surface area (Å²) in [7, 11) is 0. The summed E-state index contributed by atoms with van der Waals surface area (Å²) in [5.74, 6) is -0.889. The predicted molar refractivity (Wildman–Crippen MR) is 129 cm³/mol. The molecule has 0 fully saturated rings. The van der Waals surface area contributed by atoms with E-state index in [2.05, 4.69) is 18.7 Å². The van der Waals surface area contributed by atoms with Crippen LogP contribution in [0.15, 0.2) is 65.9 Å². The molecule has 0 aromatic heterocycles. The Morgan fingerprint density at radius 2 is 1.66 bits per heavy atom. The highest BCUT2D eigenvalue weighted by molar-refractivity contribution is 6.09. The van der Waals surface area contributed by atoms with Gasteiger partial charge >= 0.3 is 0 Å². The van der Waals surface area contributed by atoms with E-state index >= 15 is 0 Å². The highest BCUT2D eigenvalue weighted by atomic mass is 16.3. The summed E-state index contributed by atoms with van der Waals surface area (Å²) in [5, 5.41) is 10.7. The van der Waals surface area contributed by atoms with Crippen molar-refractivity contribution in [2.45, 2.75) is 46.6 Å². The number of aliphatic hydroxyl groups is 1. The molecular formula is C27H34N2O3. The van der Waals surface area contributed by atoms with Gasteiger partial charge < -0.3 is 14.9 Å². The maximum Gasteiger partial charge on any atom is 0.290 e. The van der Waals surface area contributed by atoms with Crippen LogP contribution in [-0.2, 0) is 16.0 Å². The Labute approximate surface area is 191 Å². The number of carbonyl (C=O) groups is 2. The molecule has 0 saturated carbocycles. The number of Topliss-reactive ketones (excluding diaryl/α,β-unsaturated/α-hetero) is 1. The average molecular weight is 435 g/mol. The number of aliphatic hydroxyl groups excluding tert-OH is 1. The van der Waals surface area contributed by atoms with Gasteiger partial charge in [-0.05, 0) is 49.4 Å². The van der Waals surface area contributed by atoms with Crippen molar-refractivity contribution in [1.29, 1.82) is 0 Å². The second-order valence-corrected chi connectivity index (χ2v) is 8.68. The summed E-state index contributed by atoms with van der Waals surface area (Å²) in [6, 6.07) is 17.4. The molecule has 32 heavy (non-hydrogen) atoms. The monoisotopic (exact) mass is 434 g/mol. The molecule has 1 aliphatic rings. The van der Waals surface area contributed by atoms with E-state index in [4.69, 9.17) is 0 Å². The number of carbonyl (C=O) groups excluding carboxylic acids is 2. The van der Waals surface area contributed by atoms with Gasteiger partial charge in [0.15, 0.2) is 11.5 Å². The minimum atomic E-state index is -0.566. The standard InChI is InChI=1S/C27H34N2O3/c1-5-28(6-2)22-14-12-21(13-15-22)25-24(23(30)18-19(3)4)26(31)27(32)29(25)17-16-20-10-8-7-9-11-20/h7-15,19,25,31H,5-6,16-18H2,1-4H3. The van der Waals surface area contributed by atoms with Gasteiger partial charge in [-0.1, -0.05) is 56.3 Å². The number of amides is 1. The van der Waals surface area contributed by atoms with Crippen molar-refractivity contribution in [3.05, 3.63) is 77.1 Å². The van der Waals surface area contributed by atoms with Crippen molar-refractivity contribution < 1.29 is 14.7 Å². The summed E-state index contributed by atoms with van der Waals surface area (Å²) < 4.78 is 0. The first-order chi connectivity index (χ1) is 15.4. The van der Waals surface area contributed by atoms with E-state index in [0.717, 1.165) is 29.9 Å². The van der Waals surface area contributed by atoms with Crippen molar-refractivity contribution in [3.63, 3.8) is 0 Å². The Hall–Kier alpha value is -3.08. The molecule has 1 heterocycles. The molecule has 1 unspecified atom stereocenters. The normalized spacial score (nSPS) is 16.2. The Balaban J connectivity index is 1.95. The molecule has 3 rings (SSSR count). The first kappa shape index (κ1) is 23.6. The lowest BCUT2D eigenvalue weighted by Gasteiger charge is -2.28. The Kier molecular flexibility index (Phi) is 7.73. The summed E-state index contributed by atoms with van der Waals surface area (Å²) in [5.41, 5.74) is 3.28. The summed E-state index contributed by atoms with van der Waals surface area (Å²) in [4.78, 5) is 30.0. The molecule has 5 heteroatoms. The third-order valence-electron chi connectivity index (χ3n) is 6.02. The van der Waals surface area contributed by atoms with Crippen molar-refractivity contribution in [3.8, 4) is 0 Å². The van der Waals surface area contributed by atoms with Crippen LogP contribution < -0.4 is 4.90 Å². The predicted octanol–water partition coefficient (Wildman–Crippen LogP) is 5.09. The molecule has 0 saturated heterocycles. The second kappa shape index (κ2) is 10.5. The lowest BCUT2D eigenvalue weighted by atomic mass is 9.92. The van der Waals surface area contributed by atoms with Gasteiger partial charge in [0.1, 0.15) is 0 Å². The highest BCUT2D eigenvalue weighted by Crippen LogP contribution is 2.39. The highest BCUT2D eigenvalue weighted by Gasteiger charge is 2.43. The number of ketones is 1. The molecule has 1 atom stereocenters.